The van der Waals surface area contributed by atoms with E-state index in [9.17, 15) is 29.1 Å². The molecular formula is C17H19BrN6O7S2. The van der Waals surface area contributed by atoms with Crippen molar-refractivity contribution in [1.82, 2.24) is 20.7 Å². The van der Waals surface area contributed by atoms with Crippen molar-refractivity contribution in [2.75, 3.05) is 31.0 Å². The molecule has 0 aromatic rings. The second-order valence-electron chi connectivity index (χ2n) is 6.81. The van der Waals surface area contributed by atoms with Crippen molar-refractivity contribution in [3.05, 3.63) is 11.3 Å². The largest absolute Gasteiger partial charge is 0.477 e. The summed E-state index contributed by atoms with van der Waals surface area (Å²) in [4.78, 5) is 70.8. The van der Waals surface area contributed by atoms with Crippen LogP contribution in [0.25, 0.3) is 0 Å². The number of aliphatic imine (C=N–C) groups is 1. The Morgan fingerprint density at radius 1 is 1.45 bits per heavy atom. The number of carboxylic acid groups (broad SMARTS) is 1. The molecule has 0 spiro atoms. The average Bonchev–Trinajstić information content (AvgIpc) is 2.78. The van der Waals surface area contributed by atoms with Gasteiger partial charge >= 0.3 is 5.97 Å². The molecule has 3 aliphatic rings. The van der Waals surface area contributed by atoms with E-state index in [1.807, 2.05) is 0 Å². The topological polar surface area (TPSA) is 170 Å². The number of halogens is 1. The Bertz CT molecular complexity index is 987. The first-order valence-electron chi connectivity index (χ1n) is 9.29. The summed E-state index contributed by atoms with van der Waals surface area (Å²) >= 11 is 5.35. The molecular weight excluding hydrogens is 544 g/mol. The minimum absolute atomic E-state index is 0.169. The third-order valence-corrected chi connectivity index (χ3v) is 7.64. The van der Waals surface area contributed by atoms with Gasteiger partial charge in [-0.25, -0.2) is 9.79 Å². The van der Waals surface area contributed by atoms with Crippen LogP contribution in [0.2, 0.25) is 0 Å². The Hall–Kier alpha value is -2.59. The molecule has 0 saturated carbocycles. The number of alkyl halides is 1. The van der Waals surface area contributed by atoms with Crippen molar-refractivity contribution < 1.29 is 33.9 Å². The Morgan fingerprint density at radius 2 is 2.18 bits per heavy atom. The number of oxime groups is 1. The van der Waals surface area contributed by atoms with Crippen LogP contribution in [0.1, 0.15) is 0 Å². The van der Waals surface area contributed by atoms with Crippen LogP contribution in [0.3, 0.4) is 0 Å². The zero-order valence-electron chi connectivity index (χ0n) is 17.3. The lowest BCUT2D eigenvalue weighted by molar-refractivity contribution is -0.150. The van der Waals surface area contributed by atoms with Crippen molar-refractivity contribution in [3.8, 4) is 0 Å². The molecule has 178 valence electrons. The first kappa shape index (κ1) is 25.0. The van der Waals surface area contributed by atoms with E-state index in [0.29, 0.717) is 5.57 Å². The molecule has 3 aliphatic heterocycles. The first-order valence-corrected chi connectivity index (χ1v) is 12.5. The van der Waals surface area contributed by atoms with Gasteiger partial charge in [0.1, 0.15) is 30.6 Å². The maximum absolute atomic E-state index is 12.7. The molecule has 1 unspecified atom stereocenters. The van der Waals surface area contributed by atoms with Crippen molar-refractivity contribution in [3.63, 3.8) is 0 Å². The molecule has 0 bridgehead atoms. The van der Waals surface area contributed by atoms with Crippen LogP contribution in [-0.4, -0.2) is 104 Å². The van der Waals surface area contributed by atoms with Crippen LogP contribution in [0.15, 0.2) is 21.4 Å². The summed E-state index contributed by atoms with van der Waals surface area (Å²) in [6.07, 6.45) is 1.45. The van der Waals surface area contributed by atoms with Gasteiger partial charge in [-0.05, 0) is 5.57 Å². The second-order valence-corrected chi connectivity index (χ2v) is 9.55. The molecule has 16 heteroatoms. The van der Waals surface area contributed by atoms with E-state index in [1.54, 1.807) is 7.05 Å². The fourth-order valence-corrected chi connectivity index (χ4v) is 5.85. The molecule has 1 fully saturated rings. The number of nitrogens with zero attached hydrogens (tertiary/aromatic N) is 4. The van der Waals surface area contributed by atoms with Gasteiger partial charge in [0.2, 0.25) is 11.5 Å². The summed E-state index contributed by atoms with van der Waals surface area (Å²) in [7, 11) is 2.79. The number of fused-ring (bicyclic) bond motifs is 1. The number of hydrogen-bond acceptors (Lipinski definition) is 11. The number of Topliss-reactive ketones (excluding diaryl/α,β-unsaturated/α-hetero) is 1. The zero-order chi connectivity index (χ0) is 24.3. The van der Waals surface area contributed by atoms with E-state index in [-0.39, 0.29) is 28.4 Å². The highest BCUT2D eigenvalue weighted by atomic mass is 79.9. The normalized spacial score (nSPS) is 24.7. The summed E-state index contributed by atoms with van der Waals surface area (Å²) in [5, 5.41) is 15.4. The number of β-lactam (4-membered cyclic amide) rings is 1. The van der Waals surface area contributed by atoms with E-state index in [2.05, 4.69) is 41.7 Å². The van der Waals surface area contributed by atoms with Crippen LogP contribution in [0.5, 0.6) is 0 Å². The Labute approximate surface area is 204 Å². The van der Waals surface area contributed by atoms with Crippen molar-refractivity contribution in [2.24, 2.45) is 10.1 Å². The van der Waals surface area contributed by atoms with Crippen LogP contribution in [0, 0.1) is 0 Å². The summed E-state index contributed by atoms with van der Waals surface area (Å²) in [5.74, 6) is -3.34. The minimum atomic E-state index is -1.29. The lowest BCUT2D eigenvalue weighted by atomic mass is 10.0. The molecule has 3 rings (SSSR count). The van der Waals surface area contributed by atoms with E-state index in [1.165, 1.54) is 30.2 Å². The second kappa shape index (κ2) is 10.6. The number of hydrogen-bond donors (Lipinski definition) is 3. The fourth-order valence-electron chi connectivity index (χ4n) is 3.16. The Kier molecular flexibility index (Phi) is 8.01. The van der Waals surface area contributed by atoms with Crippen molar-refractivity contribution in [2.45, 2.75) is 16.8 Å². The van der Waals surface area contributed by atoms with Gasteiger partial charge in [-0.2, -0.15) is 0 Å². The Morgan fingerprint density at radius 3 is 2.79 bits per heavy atom. The number of nitrogens with one attached hydrogen (secondary N) is 2. The number of thioether (sulfide) groups is 2. The number of carbonyl (C=O) groups excluding carboxylic acids is 4. The summed E-state index contributed by atoms with van der Waals surface area (Å²) in [6.45, 7) is 0. The summed E-state index contributed by atoms with van der Waals surface area (Å²) in [6, 6.07) is -1.03. The monoisotopic (exact) mass is 562 g/mol. The summed E-state index contributed by atoms with van der Waals surface area (Å²) in [5.41, 5.74) is 2.35. The number of rotatable bonds is 9. The molecule has 3 atom stereocenters. The highest BCUT2D eigenvalue weighted by Gasteiger charge is 2.54. The van der Waals surface area contributed by atoms with E-state index in [4.69, 9.17) is 0 Å². The third-order valence-electron chi connectivity index (χ3n) is 4.62. The Balaban J connectivity index is 1.72. The third kappa shape index (κ3) is 5.16. The molecule has 0 aliphatic carbocycles. The highest BCUT2D eigenvalue weighted by molar-refractivity contribution is 9.09. The standard InChI is InChI=1S/C17H19BrN6O7S2/c1-23-6-19-14(13(27)21-23)32-4-7-5-33-16-10(15(28)24(16)11(7)17(29)30)20-12(26)9(22-31-2)8(25)3-18/h6,10,14,16H,3-5H2,1-2H3,(H,20,26)(H,21,27)(H,29,30)/t10-,14?,16-/m1/s1. The van der Waals surface area contributed by atoms with Crippen LogP contribution >= 0.6 is 39.5 Å². The van der Waals surface area contributed by atoms with Crippen LogP contribution in [-0.2, 0) is 28.8 Å². The van der Waals surface area contributed by atoms with Gasteiger partial charge in [-0.3, -0.25) is 34.5 Å². The summed E-state index contributed by atoms with van der Waals surface area (Å²) < 4.78 is 0. The fraction of sp³-hybridized carbons (Fsp3) is 0.471. The van der Waals surface area contributed by atoms with Gasteiger partial charge in [0.15, 0.2) is 5.37 Å². The van der Waals surface area contributed by atoms with Gasteiger partial charge < -0.3 is 15.3 Å². The van der Waals surface area contributed by atoms with Gasteiger partial charge in [0.05, 0.1) is 5.33 Å². The lowest BCUT2D eigenvalue weighted by Gasteiger charge is -2.49. The van der Waals surface area contributed by atoms with E-state index < -0.39 is 46.1 Å². The maximum atomic E-state index is 12.7. The number of aliphatic carboxylic acids is 1. The number of carbonyl (C=O) groups is 5. The van der Waals surface area contributed by atoms with Gasteiger partial charge in [0.25, 0.3) is 17.7 Å². The number of hydrazine groups is 1. The van der Waals surface area contributed by atoms with Gasteiger partial charge in [-0.15, -0.1) is 23.5 Å². The average molecular weight is 563 g/mol. The molecule has 0 radical (unpaired) electrons. The SMILES string of the molecule is CON=C(C(=O)CBr)C(=O)N[C@@H]1C(=O)N2C(C(=O)O)=C(CSC3N=CN(C)NC3=O)CS[C@H]12. The van der Waals surface area contributed by atoms with Gasteiger partial charge in [0, 0.05) is 18.6 Å². The molecule has 3 heterocycles. The molecule has 33 heavy (non-hydrogen) atoms. The lowest BCUT2D eigenvalue weighted by Crippen LogP contribution is -2.71. The van der Waals surface area contributed by atoms with Crippen molar-refractivity contribution >= 4 is 81.0 Å². The van der Waals surface area contributed by atoms with Crippen molar-refractivity contribution in [1.29, 1.82) is 0 Å². The quantitative estimate of drug-likeness (QED) is 0.101. The molecule has 1 saturated heterocycles. The molecule has 0 aromatic heterocycles. The van der Waals surface area contributed by atoms with Gasteiger partial charge in [-0.1, -0.05) is 21.1 Å². The predicted octanol–water partition coefficient (Wildman–Crippen LogP) is -1.24. The smallest absolute Gasteiger partial charge is 0.352 e. The number of carboxylic acids is 1. The zero-order valence-corrected chi connectivity index (χ0v) is 20.5. The van der Waals surface area contributed by atoms with Crippen LogP contribution < -0.4 is 10.7 Å². The maximum Gasteiger partial charge on any atom is 0.352 e. The molecule has 13 nitrogen and oxygen atoms in total. The van der Waals surface area contributed by atoms with E-state index >= 15 is 0 Å². The number of ketones is 1. The highest BCUT2D eigenvalue weighted by Crippen LogP contribution is 2.41. The number of amides is 3. The molecule has 3 N–H and O–H groups in total. The minimum Gasteiger partial charge on any atom is -0.477 e. The molecule has 3 amide bonds. The predicted molar refractivity (Wildman–Crippen MR) is 124 cm³/mol. The molecule has 0 aromatic carbocycles. The first-order chi connectivity index (χ1) is 15.7. The van der Waals surface area contributed by atoms with Crippen LogP contribution in [0.4, 0.5) is 0 Å². The van der Waals surface area contributed by atoms with E-state index in [0.717, 1.165) is 16.7 Å².